The number of carbonyl (C=O) groups is 1. The molecule has 2 aromatic carbocycles. The van der Waals surface area contributed by atoms with E-state index >= 15 is 0 Å². The number of carboxylic acid groups (broad SMARTS) is 1. The van der Waals surface area contributed by atoms with Crippen molar-refractivity contribution in [2.75, 3.05) is 11.6 Å². The Morgan fingerprint density at radius 3 is 1.95 bits per heavy atom. The highest BCUT2D eigenvalue weighted by Crippen LogP contribution is 2.25. The summed E-state index contributed by atoms with van der Waals surface area (Å²) in [6.45, 7) is -0.195. The summed E-state index contributed by atoms with van der Waals surface area (Å²) in [6, 6.07) is 19.0. The van der Waals surface area contributed by atoms with Gasteiger partial charge in [-0.1, -0.05) is 36.4 Å². The molecular weight excluding hydrogens is 280 g/mol. The van der Waals surface area contributed by atoms with E-state index in [-0.39, 0.29) is 13.0 Å². The first-order valence-corrected chi connectivity index (χ1v) is 7.00. The third kappa shape index (κ3) is 4.17. The fourth-order valence-corrected chi connectivity index (χ4v) is 1.97. The van der Waals surface area contributed by atoms with Crippen molar-refractivity contribution in [1.82, 2.24) is 0 Å². The van der Waals surface area contributed by atoms with Crippen molar-refractivity contribution in [3.63, 3.8) is 0 Å². The van der Waals surface area contributed by atoms with Gasteiger partial charge in [-0.3, -0.25) is 4.79 Å². The summed E-state index contributed by atoms with van der Waals surface area (Å²) in [7, 11) is 0. The van der Waals surface area contributed by atoms with Crippen LogP contribution in [0.15, 0.2) is 65.8 Å². The molecule has 5 heteroatoms. The minimum atomic E-state index is -1.00. The van der Waals surface area contributed by atoms with Gasteiger partial charge in [-0.05, 0) is 30.7 Å². The number of aliphatic hydroxyl groups excluding tert-OH is 1. The Kier molecular flexibility index (Phi) is 5.68. The highest BCUT2D eigenvalue weighted by atomic mass is 16.4. The van der Waals surface area contributed by atoms with Gasteiger partial charge in [0.2, 0.25) is 0 Å². The van der Waals surface area contributed by atoms with Crippen LogP contribution in [0, 0.1) is 5.92 Å². The zero-order valence-corrected chi connectivity index (χ0v) is 12.0. The molecule has 0 fully saturated rings. The molecule has 0 saturated heterocycles. The van der Waals surface area contributed by atoms with Gasteiger partial charge in [0.1, 0.15) is 0 Å². The van der Waals surface area contributed by atoms with Crippen LogP contribution in [0.5, 0.6) is 0 Å². The quantitative estimate of drug-likeness (QED) is 0.609. The molecule has 0 radical (unpaired) electrons. The average Bonchev–Trinajstić information content (AvgIpc) is 2.56. The smallest absolute Gasteiger partial charge is 0.312 e. The molecule has 0 aliphatic rings. The Balaban J connectivity index is 2.31. The Morgan fingerprint density at radius 1 is 1.05 bits per heavy atom. The standard InChI is InChI=1S/C17H18N2O3/c20-12-11-14(17(21)22)13-18-19(15-7-3-1-4-8-15)16-9-5-2-6-10-16/h1-10,13-14,20H,11-12H2,(H,21,22). The molecule has 0 heterocycles. The van der Waals surface area contributed by atoms with Crippen molar-refractivity contribution in [3.8, 4) is 0 Å². The first-order valence-electron chi connectivity index (χ1n) is 7.00. The van der Waals surface area contributed by atoms with Crippen LogP contribution in [0.4, 0.5) is 11.4 Å². The third-order valence-corrected chi connectivity index (χ3v) is 3.12. The molecule has 114 valence electrons. The van der Waals surface area contributed by atoms with Gasteiger partial charge in [-0.15, -0.1) is 0 Å². The lowest BCUT2D eigenvalue weighted by atomic mass is 10.1. The first kappa shape index (κ1) is 15.7. The van der Waals surface area contributed by atoms with Gasteiger partial charge < -0.3 is 10.2 Å². The van der Waals surface area contributed by atoms with Crippen molar-refractivity contribution >= 4 is 23.6 Å². The van der Waals surface area contributed by atoms with E-state index in [0.29, 0.717) is 0 Å². The Bertz CT molecular complexity index is 575. The van der Waals surface area contributed by atoms with Crippen LogP contribution >= 0.6 is 0 Å². The van der Waals surface area contributed by atoms with Gasteiger partial charge in [-0.2, -0.15) is 5.10 Å². The third-order valence-electron chi connectivity index (χ3n) is 3.12. The van der Waals surface area contributed by atoms with Crippen LogP contribution in [-0.4, -0.2) is 29.0 Å². The lowest BCUT2D eigenvalue weighted by molar-refractivity contribution is -0.139. The fourth-order valence-electron chi connectivity index (χ4n) is 1.97. The predicted molar refractivity (Wildman–Crippen MR) is 86.3 cm³/mol. The van der Waals surface area contributed by atoms with Gasteiger partial charge >= 0.3 is 5.97 Å². The number of aliphatic hydroxyl groups is 1. The molecule has 0 spiro atoms. The number of hydrogen-bond acceptors (Lipinski definition) is 4. The molecule has 1 atom stereocenters. The van der Waals surface area contributed by atoms with E-state index in [0.717, 1.165) is 11.4 Å². The van der Waals surface area contributed by atoms with Gasteiger partial charge in [0.25, 0.3) is 0 Å². The van der Waals surface area contributed by atoms with E-state index in [2.05, 4.69) is 5.10 Å². The normalized spacial score (nSPS) is 12.2. The zero-order chi connectivity index (χ0) is 15.8. The minimum Gasteiger partial charge on any atom is -0.481 e. The molecule has 1 unspecified atom stereocenters. The lowest BCUT2D eigenvalue weighted by Crippen LogP contribution is -2.19. The molecule has 0 aliphatic carbocycles. The topological polar surface area (TPSA) is 73.1 Å². The molecule has 5 nitrogen and oxygen atoms in total. The highest BCUT2D eigenvalue weighted by molar-refractivity contribution is 5.89. The van der Waals surface area contributed by atoms with Crippen molar-refractivity contribution in [2.45, 2.75) is 6.42 Å². The number of aliphatic carboxylic acids is 1. The van der Waals surface area contributed by atoms with E-state index in [1.165, 1.54) is 6.21 Å². The number of para-hydroxylation sites is 2. The van der Waals surface area contributed by atoms with Crippen LogP contribution in [0.2, 0.25) is 0 Å². The average molecular weight is 298 g/mol. The number of carboxylic acids is 1. The SMILES string of the molecule is O=C(O)C(C=NN(c1ccccc1)c1ccccc1)CCO. The maximum atomic E-state index is 11.2. The van der Waals surface area contributed by atoms with Crippen LogP contribution in [-0.2, 0) is 4.79 Å². The second-order valence-electron chi connectivity index (χ2n) is 4.70. The molecule has 2 N–H and O–H groups in total. The second-order valence-corrected chi connectivity index (χ2v) is 4.70. The minimum absolute atomic E-state index is 0.135. The first-order chi connectivity index (χ1) is 10.7. The van der Waals surface area contributed by atoms with Crippen molar-refractivity contribution in [1.29, 1.82) is 0 Å². The van der Waals surface area contributed by atoms with Crippen molar-refractivity contribution in [2.24, 2.45) is 11.0 Å². The van der Waals surface area contributed by atoms with Crippen molar-refractivity contribution < 1.29 is 15.0 Å². The van der Waals surface area contributed by atoms with Crippen LogP contribution < -0.4 is 5.01 Å². The molecule has 2 aromatic rings. The maximum Gasteiger partial charge on any atom is 0.312 e. The second kappa shape index (κ2) is 7.95. The molecule has 0 bridgehead atoms. The summed E-state index contributed by atoms with van der Waals surface area (Å²) in [6.07, 6.45) is 1.49. The molecular formula is C17H18N2O3. The zero-order valence-electron chi connectivity index (χ0n) is 12.0. The van der Waals surface area contributed by atoms with Crippen LogP contribution in [0.3, 0.4) is 0 Å². The largest absolute Gasteiger partial charge is 0.481 e. The highest BCUT2D eigenvalue weighted by Gasteiger charge is 2.15. The van der Waals surface area contributed by atoms with Gasteiger partial charge in [0, 0.05) is 12.8 Å². The number of benzene rings is 2. The molecule has 0 amide bonds. The van der Waals surface area contributed by atoms with E-state index in [4.69, 9.17) is 10.2 Å². The van der Waals surface area contributed by atoms with E-state index in [1.54, 1.807) is 5.01 Å². The van der Waals surface area contributed by atoms with Crippen molar-refractivity contribution in [3.05, 3.63) is 60.7 Å². The number of anilines is 2. The van der Waals surface area contributed by atoms with Crippen LogP contribution in [0.25, 0.3) is 0 Å². The van der Waals surface area contributed by atoms with Gasteiger partial charge in [-0.25, -0.2) is 5.01 Å². The molecule has 2 rings (SSSR count). The summed E-state index contributed by atoms with van der Waals surface area (Å²) in [5.74, 6) is -1.82. The van der Waals surface area contributed by atoms with E-state index in [1.807, 2.05) is 60.7 Å². The lowest BCUT2D eigenvalue weighted by Gasteiger charge is -2.19. The molecule has 0 saturated carbocycles. The Hall–Kier alpha value is -2.66. The fraction of sp³-hybridized carbons (Fsp3) is 0.176. The predicted octanol–water partition coefficient (Wildman–Crippen LogP) is 2.89. The summed E-state index contributed by atoms with van der Waals surface area (Å²) in [5.41, 5.74) is 1.66. The molecule has 0 aliphatic heterocycles. The number of hydrogen-bond donors (Lipinski definition) is 2. The van der Waals surface area contributed by atoms with E-state index < -0.39 is 11.9 Å². The van der Waals surface area contributed by atoms with E-state index in [9.17, 15) is 4.79 Å². The molecule has 0 aromatic heterocycles. The number of rotatable bonds is 7. The van der Waals surface area contributed by atoms with Gasteiger partial charge in [0.05, 0.1) is 17.3 Å². The van der Waals surface area contributed by atoms with Gasteiger partial charge in [0.15, 0.2) is 0 Å². The molecule has 22 heavy (non-hydrogen) atoms. The maximum absolute atomic E-state index is 11.2. The summed E-state index contributed by atoms with van der Waals surface area (Å²) in [4.78, 5) is 11.2. The summed E-state index contributed by atoms with van der Waals surface area (Å²) in [5, 5.41) is 24.1. The Labute approximate surface area is 129 Å². The monoisotopic (exact) mass is 298 g/mol. The summed E-state index contributed by atoms with van der Waals surface area (Å²) >= 11 is 0. The number of nitrogens with zero attached hydrogens (tertiary/aromatic N) is 2. The summed E-state index contributed by atoms with van der Waals surface area (Å²) < 4.78 is 0. The van der Waals surface area contributed by atoms with Crippen LogP contribution in [0.1, 0.15) is 6.42 Å². The number of hydrazone groups is 1. The Morgan fingerprint density at radius 2 is 1.55 bits per heavy atom.